The summed E-state index contributed by atoms with van der Waals surface area (Å²) in [6, 6.07) is 0.0954. The molecule has 0 spiro atoms. The predicted molar refractivity (Wildman–Crippen MR) is 111 cm³/mol. The summed E-state index contributed by atoms with van der Waals surface area (Å²) in [6.07, 6.45) is 2.47. The van der Waals surface area contributed by atoms with Crippen molar-refractivity contribution in [1.82, 2.24) is 14.9 Å². The first-order valence-corrected chi connectivity index (χ1v) is 10.4. The Kier molecular flexibility index (Phi) is 7.43. The fourth-order valence-corrected chi connectivity index (χ4v) is 3.67. The molecule has 29 heavy (non-hydrogen) atoms. The molecule has 0 radical (unpaired) electrons. The standard InChI is InChI=1S/C19H28N4O4.C2H6/c1-12-10-22(18(25)27-19(3,4)5)8-9-23(12)17-14-6-7-15(26-13(2)24)16(14)20-11-21-17;1-2/h11-12,15H,6-10H2,1-5H3;1-2H3. The smallest absolute Gasteiger partial charge is 0.410 e. The van der Waals surface area contributed by atoms with Crippen LogP contribution in [-0.4, -0.2) is 58.2 Å². The minimum atomic E-state index is -0.503. The van der Waals surface area contributed by atoms with E-state index in [2.05, 4.69) is 21.8 Å². The quantitative estimate of drug-likeness (QED) is 0.695. The maximum atomic E-state index is 12.3. The van der Waals surface area contributed by atoms with Crippen LogP contribution in [0.4, 0.5) is 10.6 Å². The van der Waals surface area contributed by atoms with Gasteiger partial charge in [-0.15, -0.1) is 0 Å². The average Bonchev–Trinajstić information content (AvgIpc) is 3.04. The molecule has 0 saturated carbocycles. The van der Waals surface area contributed by atoms with Gasteiger partial charge in [0.05, 0.1) is 5.69 Å². The molecule has 2 unspecified atom stereocenters. The molecule has 1 aromatic heterocycles. The van der Waals surface area contributed by atoms with Gasteiger partial charge in [0.25, 0.3) is 0 Å². The molecule has 1 aliphatic carbocycles. The molecule has 1 saturated heterocycles. The molecule has 2 aliphatic rings. The first kappa shape index (κ1) is 22.9. The van der Waals surface area contributed by atoms with Crippen molar-refractivity contribution in [3.63, 3.8) is 0 Å². The van der Waals surface area contributed by atoms with Gasteiger partial charge in [0.15, 0.2) is 0 Å². The summed E-state index contributed by atoms with van der Waals surface area (Å²) in [5, 5.41) is 0. The number of esters is 1. The summed E-state index contributed by atoms with van der Waals surface area (Å²) < 4.78 is 10.9. The fraction of sp³-hybridized carbons (Fsp3) is 0.714. The van der Waals surface area contributed by atoms with E-state index >= 15 is 0 Å². The maximum Gasteiger partial charge on any atom is 0.410 e. The van der Waals surface area contributed by atoms with Crippen LogP contribution in [0.5, 0.6) is 0 Å². The zero-order chi connectivity index (χ0) is 21.8. The lowest BCUT2D eigenvalue weighted by Crippen LogP contribution is -2.55. The Bertz CT molecular complexity index is 732. The fourth-order valence-electron chi connectivity index (χ4n) is 3.67. The first-order valence-electron chi connectivity index (χ1n) is 10.4. The number of hydrogen-bond donors (Lipinski definition) is 0. The van der Waals surface area contributed by atoms with Gasteiger partial charge in [0.2, 0.25) is 0 Å². The predicted octanol–water partition coefficient (Wildman–Crippen LogP) is 3.50. The Labute approximate surface area is 173 Å². The molecule has 0 bridgehead atoms. The number of amides is 1. The number of hydrogen-bond acceptors (Lipinski definition) is 7. The lowest BCUT2D eigenvalue weighted by molar-refractivity contribution is -0.146. The third kappa shape index (κ3) is 5.58. The van der Waals surface area contributed by atoms with Gasteiger partial charge in [-0.3, -0.25) is 4.79 Å². The highest BCUT2D eigenvalue weighted by Crippen LogP contribution is 2.37. The van der Waals surface area contributed by atoms with Crippen LogP contribution < -0.4 is 4.90 Å². The summed E-state index contributed by atoms with van der Waals surface area (Å²) in [6.45, 7) is 14.9. The van der Waals surface area contributed by atoms with E-state index in [4.69, 9.17) is 9.47 Å². The molecule has 162 valence electrons. The van der Waals surface area contributed by atoms with E-state index in [0.717, 1.165) is 29.9 Å². The normalized spacial score (nSPS) is 21.1. The number of aromatic nitrogens is 2. The largest absolute Gasteiger partial charge is 0.456 e. The summed E-state index contributed by atoms with van der Waals surface area (Å²) in [5.74, 6) is 0.582. The van der Waals surface area contributed by atoms with Gasteiger partial charge in [-0.1, -0.05) is 13.8 Å². The number of ether oxygens (including phenoxy) is 2. The minimum Gasteiger partial charge on any atom is -0.456 e. The van der Waals surface area contributed by atoms with Crippen molar-refractivity contribution in [3.8, 4) is 0 Å². The molecule has 1 amide bonds. The zero-order valence-electron chi connectivity index (χ0n) is 18.7. The summed E-state index contributed by atoms with van der Waals surface area (Å²) in [7, 11) is 0. The van der Waals surface area contributed by atoms with Crippen LogP contribution in [0.25, 0.3) is 0 Å². The van der Waals surface area contributed by atoms with Crippen LogP contribution in [-0.2, 0) is 20.7 Å². The number of piperazine rings is 1. The minimum absolute atomic E-state index is 0.0954. The molecule has 0 aromatic carbocycles. The van der Waals surface area contributed by atoms with E-state index in [1.54, 1.807) is 4.90 Å². The first-order chi connectivity index (χ1) is 13.7. The van der Waals surface area contributed by atoms with E-state index in [1.807, 2.05) is 34.6 Å². The van der Waals surface area contributed by atoms with Gasteiger partial charge in [-0.2, -0.15) is 0 Å². The molecule has 1 aromatic rings. The van der Waals surface area contributed by atoms with Gasteiger partial charge < -0.3 is 19.3 Å². The van der Waals surface area contributed by atoms with E-state index in [0.29, 0.717) is 19.6 Å². The molecule has 1 fully saturated rings. The van der Waals surface area contributed by atoms with Crippen molar-refractivity contribution in [1.29, 1.82) is 0 Å². The second kappa shape index (κ2) is 9.41. The number of fused-ring (bicyclic) bond motifs is 1. The van der Waals surface area contributed by atoms with Crippen LogP contribution >= 0.6 is 0 Å². The van der Waals surface area contributed by atoms with E-state index < -0.39 is 5.60 Å². The average molecular weight is 407 g/mol. The van der Waals surface area contributed by atoms with Gasteiger partial charge in [-0.25, -0.2) is 14.8 Å². The van der Waals surface area contributed by atoms with E-state index in [-0.39, 0.29) is 24.2 Å². The molecule has 8 nitrogen and oxygen atoms in total. The second-order valence-corrected chi connectivity index (χ2v) is 8.17. The summed E-state index contributed by atoms with van der Waals surface area (Å²) in [4.78, 5) is 36.5. The SMILES string of the molecule is CC.CC(=O)OC1CCc2c1ncnc2N1CCN(C(=O)OC(C)(C)C)CC1C. The molecular formula is C21H34N4O4. The van der Waals surface area contributed by atoms with E-state index in [9.17, 15) is 9.59 Å². The van der Waals surface area contributed by atoms with E-state index in [1.165, 1.54) is 13.3 Å². The van der Waals surface area contributed by atoms with Gasteiger partial charge >= 0.3 is 12.1 Å². The second-order valence-electron chi connectivity index (χ2n) is 8.17. The Morgan fingerprint density at radius 1 is 1.17 bits per heavy atom. The van der Waals surface area contributed by atoms with Crippen molar-refractivity contribution in [2.45, 2.75) is 79.1 Å². The number of carbonyl (C=O) groups excluding carboxylic acids is 2. The zero-order valence-corrected chi connectivity index (χ0v) is 18.7. The highest BCUT2D eigenvalue weighted by Gasteiger charge is 2.35. The van der Waals surface area contributed by atoms with Crippen molar-refractivity contribution in [2.75, 3.05) is 24.5 Å². The molecule has 2 atom stereocenters. The topological polar surface area (TPSA) is 84.9 Å². The molecule has 1 aliphatic heterocycles. The Morgan fingerprint density at radius 3 is 2.45 bits per heavy atom. The molecule has 2 heterocycles. The molecular weight excluding hydrogens is 372 g/mol. The Hall–Kier alpha value is -2.38. The van der Waals surface area contributed by atoms with Crippen LogP contribution in [0.15, 0.2) is 6.33 Å². The van der Waals surface area contributed by atoms with Crippen molar-refractivity contribution < 1.29 is 19.1 Å². The lowest BCUT2D eigenvalue weighted by atomic mass is 10.1. The van der Waals surface area contributed by atoms with Crippen LogP contribution in [0, 0.1) is 0 Å². The van der Waals surface area contributed by atoms with Gasteiger partial charge in [0, 0.05) is 38.2 Å². The van der Waals surface area contributed by atoms with Crippen molar-refractivity contribution in [2.24, 2.45) is 0 Å². The Morgan fingerprint density at radius 2 is 1.86 bits per heavy atom. The lowest BCUT2D eigenvalue weighted by Gasteiger charge is -2.41. The van der Waals surface area contributed by atoms with Crippen molar-refractivity contribution in [3.05, 3.63) is 17.6 Å². The maximum absolute atomic E-state index is 12.3. The van der Waals surface area contributed by atoms with Crippen LogP contribution in [0.3, 0.4) is 0 Å². The summed E-state index contributed by atoms with van der Waals surface area (Å²) >= 11 is 0. The van der Waals surface area contributed by atoms with Crippen molar-refractivity contribution >= 4 is 17.9 Å². The molecule has 0 N–H and O–H groups in total. The van der Waals surface area contributed by atoms with Gasteiger partial charge in [0.1, 0.15) is 23.9 Å². The van der Waals surface area contributed by atoms with Gasteiger partial charge in [-0.05, 0) is 40.5 Å². The summed E-state index contributed by atoms with van der Waals surface area (Å²) in [5.41, 5.74) is 1.34. The van der Waals surface area contributed by atoms with Crippen LogP contribution in [0.2, 0.25) is 0 Å². The highest BCUT2D eigenvalue weighted by atomic mass is 16.6. The highest BCUT2D eigenvalue weighted by molar-refractivity contribution is 5.69. The van der Waals surface area contributed by atoms with Crippen LogP contribution in [0.1, 0.15) is 72.2 Å². The number of rotatable bonds is 2. The Balaban J connectivity index is 0.00000145. The monoisotopic (exact) mass is 406 g/mol. The third-order valence-electron chi connectivity index (χ3n) is 4.78. The number of nitrogens with zero attached hydrogens (tertiary/aromatic N) is 4. The number of carbonyl (C=O) groups is 2. The molecule has 8 heteroatoms. The third-order valence-corrected chi connectivity index (χ3v) is 4.78. The number of anilines is 1. The molecule has 3 rings (SSSR count).